The smallest absolute Gasteiger partial charge is 0.347 e. The molecule has 3 aromatic rings. The van der Waals surface area contributed by atoms with Crippen molar-refractivity contribution < 1.29 is 18.5 Å². The molecule has 0 bridgehead atoms. The molecule has 0 saturated carbocycles. The van der Waals surface area contributed by atoms with Crippen molar-refractivity contribution in [1.82, 2.24) is 0 Å². The van der Waals surface area contributed by atoms with Crippen molar-refractivity contribution >= 4 is 16.8 Å². The molecule has 3 rings (SSSR count). The first-order chi connectivity index (χ1) is 11.1. The normalized spacial score (nSPS) is 10.7. The van der Waals surface area contributed by atoms with Crippen molar-refractivity contribution in [2.45, 2.75) is 13.5 Å². The van der Waals surface area contributed by atoms with Gasteiger partial charge in [-0.05, 0) is 36.8 Å². The summed E-state index contributed by atoms with van der Waals surface area (Å²) in [4.78, 5) is 24.5. The molecule has 0 radical (unpaired) electrons. The molecule has 1 aromatic carbocycles. The lowest BCUT2D eigenvalue weighted by molar-refractivity contribution is -0.683. The highest BCUT2D eigenvalue weighted by molar-refractivity contribution is 5.97. The number of Topliss-reactive ketones (excluding diaryl/α,β-unsaturated/α-hetero) is 1. The van der Waals surface area contributed by atoms with E-state index in [1.54, 1.807) is 48.3 Å². The highest BCUT2D eigenvalue weighted by Crippen LogP contribution is 2.20. The molecule has 0 aliphatic rings. The monoisotopic (exact) mass is 310 g/mol. The number of methoxy groups -OCH3 is 1. The van der Waals surface area contributed by atoms with E-state index in [1.165, 1.54) is 0 Å². The Hall–Kier alpha value is -2.95. The summed E-state index contributed by atoms with van der Waals surface area (Å²) < 4.78 is 12.1. The first-order valence-corrected chi connectivity index (χ1v) is 7.17. The van der Waals surface area contributed by atoms with Crippen LogP contribution in [0, 0.1) is 6.92 Å². The molecule has 0 N–H and O–H groups in total. The maximum atomic E-state index is 12.4. The number of carbonyl (C=O) groups is 1. The van der Waals surface area contributed by atoms with Crippen molar-refractivity contribution in [3.05, 3.63) is 70.3 Å². The minimum Gasteiger partial charge on any atom is -0.497 e. The van der Waals surface area contributed by atoms with Crippen LogP contribution in [0.3, 0.4) is 0 Å². The molecule has 0 aliphatic carbocycles. The zero-order valence-corrected chi connectivity index (χ0v) is 12.9. The molecular weight excluding hydrogens is 294 g/mol. The summed E-state index contributed by atoms with van der Waals surface area (Å²) in [5.74, 6) is 0.343. The maximum Gasteiger partial charge on any atom is 0.347 e. The lowest BCUT2D eigenvalue weighted by Crippen LogP contribution is -2.38. The summed E-state index contributed by atoms with van der Waals surface area (Å²) >= 11 is 0. The zero-order valence-electron chi connectivity index (χ0n) is 12.9. The third kappa shape index (κ3) is 3.13. The lowest BCUT2D eigenvalue weighted by atomic mass is 10.1. The maximum absolute atomic E-state index is 12.4. The Morgan fingerprint density at radius 3 is 2.61 bits per heavy atom. The molecule has 0 aliphatic heterocycles. The van der Waals surface area contributed by atoms with E-state index in [-0.39, 0.29) is 17.9 Å². The van der Waals surface area contributed by atoms with E-state index in [9.17, 15) is 9.59 Å². The molecule has 2 aromatic heterocycles. The second-order valence-corrected chi connectivity index (χ2v) is 5.32. The third-order valence-electron chi connectivity index (χ3n) is 3.62. The van der Waals surface area contributed by atoms with Gasteiger partial charge in [0.25, 0.3) is 0 Å². The average molecular weight is 310 g/mol. The van der Waals surface area contributed by atoms with Gasteiger partial charge in [0.15, 0.2) is 12.4 Å². The van der Waals surface area contributed by atoms with Gasteiger partial charge in [-0.2, -0.15) is 4.57 Å². The number of ketones is 1. The molecule has 0 fully saturated rings. The van der Waals surface area contributed by atoms with E-state index in [2.05, 4.69) is 0 Å². The van der Waals surface area contributed by atoms with Crippen LogP contribution in [-0.2, 0) is 6.54 Å². The van der Waals surface area contributed by atoms with Gasteiger partial charge in [0.2, 0.25) is 12.3 Å². The van der Waals surface area contributed by atoms with E-state index in [0.29, 0.717) is 16.7 Å². The van der Waals surface area contributed by atoms with Gasteiger partial charge in [-0.25, -0.2) is 4.79 Å². The van der Waals surface area contributed by atoms with Crippen LogP contribution in [0.5, 0.6) is 5.75 Å². The van der Waals surface area contributed by atoms with E-state index in [1.807, 2.05) is 19.1 Å². The number of hydrogen-bond acceptors (Lipinski definition) is 4. The Balaban J connectivity index is 1.97. The number of ether oxygens (including phenoxy) is 1. The summed E-state index contributed by atoms with van der Waals surface area (Å²) in [6.45, 7) is 2.05. The van der Waals surface area contributed by atoms with Gasteiger partial charge in [-0.1, -0.05) is 0 Å². The predicted octanol–water partition coefficient (Wildman–Crippen LogP) is 2.28. The molecule has 0 atom stereocenters. The Kier molecular flexibility index (Phi) is 3.93. The van der Waals surface area contributed by atoms with Crippen LogP contribution in [0.4, 0.5) is 0 Å². The Bertz CT molecular complexity index is 926. The summed E-state index contributed by atoms with van der Waals surface area (Å²) in [6.07, 6.45) is 3.61. The van der Waals surface area contributed by atoms with Crippen LogP contribution in [0.15, 0.2) is 58.0 Å². The van der Waals surface area contributed by atoms with E-state index >= 15 is 0 Å². The van der Waals surface area contributed by atoms with Crippen molar-refractivity contribution in [2.24, 2.45) is 0 Å². The van der Waals surface area contributed by atoms with E-state index in [4.69, 9.17) is 9.15 Å². The van der Waals surface area contributed by atoms with E-state index < -0.39 is 5.63 Å². The number of hydrogen-bond donors (Lipinski definition) is 0. The van der Waals surface area contributed by atoms with Gasteiger partial charge in [-0.3, -0.25) is 4.79 Å². The van der Waals surface area contributed by atoms with Crippen molar-refractivity contribution in [3.8, 4) is 5.75 Å². The van der Waals surface area contributed by atoms with Gasteiger partial charge in [0.05, 0.1) is 7.11 Å². The van der Waals surface area contributed by atoms with Gasteiger partial charge in [0.1, 0.15) is 16.9 Å². The third-order valence-corrected chi connectivity index (χ3v) is 3.62. The lowest BCUT2D eigenvalue weighted by Gasteiger charge is -2.03. The molecule has 5 nitrogen and oxygen atoms in total. The molecular formula is C18H16NO4+. The fraction of sp³-hybridized carbons (Fsp3) is 0.167. The van der Waals surface area contributed by atoms with Crippen LogP contribution >= 0.6 is 0 Å². The number of fused-ring (bicyclic) bond motifs is 1. The highest BCUT2D eigenvalue weighted by Gasteiger charge is 2.18. The Morgan fingerprint density at radius 1 is 1.17 bits per heavy atom. The number of aromatic nitrogens is 1. The number of rotatable bonds is 4. The Morgan fingerprint density at radius 2 is 1.91 bits per heavy atom. The van der Waals surface area contributed by atoms with Gasteiger partial charge >= 0.3 is 5.63 Å². The van der Waals surface area contributed by atoms with Gasteiger partial charge in [-0.15, -0.1) is 0 Å². The van der Waals surface area contributed by atoms with Crippen LogP contribution in [0.25, 0.3) is 11.0 Å². The standard InChI is InChI=1S/C18H16NO4/c1-12-5-7-19(8-6-12)11-16(20)15-10-13-9-14(22-2)3-4-17(13)23-18(15)21/h3-10H,11H2,1-2H3/q+1. The average Bonchev–Trinajstić information content (AvgIpc) is 2.55. The fourth-order valence-corrected chi connectivity index (χ4v) is 2.31. The van der Waals surface area contributed by atoms with Crippen molar-refractivity contribution in [2.75, 3.05) is 7.11 Å². The molecule has 0 amide bonds. The first kappa shape index (κ1) is 15.0. The topological polar surface area (TPSA) is 60.4 Å². The van der Waals surface area contributed by atoms with Gasteiger partial charge in [0, 0.05) is 17.5 Å². The highest BCUT2D eigenvalue weighted by atomic mass is 16.5. The van der Waals surface area contributed by atoms with E-state index in [0.717, 1.165) is 5.56 Å². The minimum absolute atomic E-state index is 0.0406. The number of benzene rings is 1. The zero-order chi connectivity index (χ0) is 16.4. The molecule has 0 saturated heterocycles. The summed E-state index contributed by atoms with van der Waals surface area (Å²) in [5.41, 5.74) is 0.945. The number of pyridine rings is 1. The van der Waals surface area contributed by atoms with Crippen LogP contribution in [0.1, 0.15) is 15.9 Å². The van der Waals surface area contributed by atoms with Crippen molar-refractivity contribution in [1.29, 1.82) is 0 Å². The number of carbonyl (C=O) groups excluding carboxylic acids is 1. The molecule has 0 spiro atoms. The molecule has 116 valence electrons. The van der Waals surface area contributed by atoms with Crippen LogP contribution in [0.2, 0.25) is 0 Å². The summed E-state index contributed by atoms with van der Waals surface area (Å²) in [7, 11) is 1.56. The summed E-state index contributed by atoms with van der Waals surface area (Å²) in [6, 6.07) is 10.4. The second-order valence-electron chi connectivity index (χ2n) is 5.32. The van der Waals surface area contributed by atoms with Crippen LogP contribution < -0.4 is 14.9 Å². The fourth-order valence-electron chi connectivity index (χ4n) is 2.31. The minimum atomic E-state index is -0.625. The molecule has 23 heavy (non-hydrogen) atoms. The molecule has 2 heterocycles. The number of aryl methyl sites for hydroxylation is 1. The summed E-state index contributed by atoms with van der Waals surface area (Å²) in [5, 5.41) is 0.654. The van der Waals surface area contributed by atoms with Crippen LogP contribution in [-0.4, -0.2) is 12.9 Å². The Labute approximate surface area is 132 Å². The largest absolute Gasteiger partial charge is 0.497 e. The SMILES string of the molecule is COc1ccc2oc(=O)c(C(=O)C[n+]3ccc(C)cc3)cc2c1. The molecule has 5 heteroatoms. The van der Waals surface area contributed by atoms with Crippen molar-refractivity contribution in [3.63, 3.8) is 0 Å². The first-order valence-electron chi connectivity index (χ1n) is 7.17. The second kappa shape index (κ2) is 6.04. The molecule has 0 unspecified atom stereocenters. The predicted molar refractivity (Wildman–Crippen MR) is 84.7 cm³/mol. The van der Waals surface area contributed by atoms with Gasteiger partial charge < -0.3 is 9.15 Å². The number of nitrogens with zero attached hydrogens (tertiary/aromatic N) is 1. The quantitative estimate of drug-likeness (QED) is 0.421.